The second-order valence-electron chi connectivity index (χ2n) is 5.44. The van der Waals surface area contributed by atoms with E-state index in [4.69, 9.17) is 5.73 Å². The fourth-order valence-corrected chi connectivity index (χ4v) is 2.36. The zero-order valence-corrected chi connectivity index (χ0v) is 12.0. The standard InChI is InChI=1S/C16H20N2O3/c1-11-10-18(9-8-14(11)19)15(20)7-4-12-2-5-13(6-3-12)16(17)21/h2-7,11,14,19H,8-10H2,1H3,(H2,17,21)/b7-4+. The number of aliphatic hydroxyl groups excluding tert-OH is 1. The van der Waals surface area contributed by atoms with Crippen molar-refractivity contribution < 1.29 is 14.7 Å². The smallest absolute Gasteiger partial charge is 0.248 e. The minimum Gasteiger partial charge on any atom is -0.393 e. The Morgan fingerprint density at radius 3 is 2.57 bits per heavy atom. The molecular weight excluding hydrogens is 268 g/mol. The Morgan fingerprint density at radius 1 is 1.33 bits per heavy atom. The van der Waals surface area contributed by atoms with Crippen LogP contribution in [0.25, 0.3) is 6.08 Å². The molecule has 0 bridgehead atoms. The highest BCUT2D eigenvalue weighted by atomic mass is 16.3. The Morgan fingerprint density at radius 2 is 2.00 bits per heavy atom. The number of nitrogens with two attached hydrogens (primary N) is 1. The molecule has 1 aromatic rings. The van der Waals surface area contributed by atoms with Crippen molar-refractivity contribution in [3.05, 3.63) is 41.5 Å². The second-order valence-corrected chi connectivity index (χ2v) is 5.44. The maximum Gasteiger partial charge on any atom is 0.248 e. The van der Waals surface area contributed by atoms with E-state index in [1.165, 1.54) is 6.08 Å². The monoisotopic (exact) mass is 288 g/mol. The molecule has 0 radical (unpaired) electrons. The van der Waals surface area contributed by atoms with Gasteiger partial charge in [-0.25, -0.2) is 0 Å². The number of hydrogen-bond donors (Lipinski definition) is 2. The molecule has 0 saturated carbocycles. The molecule has 5 nitrogen and oxygen atoms in total. The summed E-state index contributed by atoms with van der Waals surface area (Å²) in [6.07, 6.45) is 3.53. The largest absolute Gasteiger partial charge is 0.393 e. The van der Waals surface area contributed by atoms with E-state index in [1.54, 1.807) is 35.2 Å². The number of primary amides is 1. The lowest BCUT2D eigenvalue weighted by atomic mass is 9.97. The third kappa shape index (κ3) is 3.92. The molecule has 0 aliphatic carbocycles. The number of nitrogens with zero attached hydrogens (tertiary/aromatic N) is 1. The van der Waals surface area contributed by atoms with Crippen molar-refractivity contribution in [2.75, 3.05) is 13.1 Å². The fraction of sp³-hybridized carbons (Fsp3) is 0.375. The van der Waals surface area contributed by atoms with E-state index in [2.05, 4.69) is 0 Å². The van der Waals surface area contributed by atoms with E-state index in [9.17, 15) is 14.7 Å². The number of piperidine rings is 1. The predicted octanol–water partition coefficient (Wildman–Crippen LogP) is 1.03. The zero-order valence-electron chi connectivity index (χ0n) is 12.0. The van der Waals surface area contributed by atoms with E-state index >= 15 is 0 Å². The molecule has 2 amide bonds. The average molecular weight is 288 g/mol. The molecule has 1 aromatic carbocycles. The van der Waals surface area contributed by atoms with Gasteiger partial charge in [0.05, 0.1) is 6.10 Å². The molecule has 3 N–H and O–H groups in total. The van der Waals surface area contributed by atoms with Gasteiger partial charge in [0.25, 0.3) is 0 Å². The molecule has 1 fully saturated rings. The Kier molecular flexibility index (Phi) is 4.75. The van der Waals surface area contributed by atoms with Crippen molar-refractivity contribution in [3.8, 4) is 0 Å². The summed E-state index contributed by atoms with van der Waals surface area (Å²) in [5.74, 6) is -0.429. The summed E-state index contributed by atoms with van der Waals surface area (Å²) in [7, 11) is 0. The molecule has 1 aliphatic rings. The lowest BCUT2D eigenvalue weighted by Gasteiger charge is -2.33. The summed E-state index contributed by atoms with van der Waals surface area (Å²) in [5.41, 5.74) is 6.44. The Labute approximate surface area is 124 Å². The van der Waals surface area contributed by atoms with Crippen LogP contribution >= 0.6 is 0 Å². The summed E-state index contributed by atoms with van der Waals surface area (Å²) in [4.78, 5) is 24.8. The van der Waals surface area contributed by atoms with Gasteiger partial charge in [0.2, 0.25) is 11.8 Å². The van der Waals surface area contributed by atoms with E-state index in [0.717, 1.165) is 5.56 Å². The summed E-state index contributed by atoms with van der Waals surface area (Å²) >= 11 is 0. The quantitative estimate of drug-likeness (QED) is 0.815. The van der Waals surface area contributed by atoms with Crippen molar-refractivity contribution in [2.45, 2.75) is 19.4 Å². The maximum atomic E-state index is 12.1. The number of benzene rings is 1. The Hall–Kier alpha value is -2.14. The lowest BCUT2D eigenvalue weighted by molar-refractivity contribution is -0.129. The van der Waals surface area contributed by atoms with Crippen molar-refractivity contribution in [2.24, 2.45) is 11.7 Å². The van der Waals surface area contributed by atoms with Gasteiger partial charge in [-0.2, -0.15) is 0 Å². The van der Waals surface area contributed by atoms with Crippen LogP contribution in [0.5, 0.6) is 0 Å². The number of amides is 2. The average Bonchev–Trinajstić information content (AvgIpc) is 2.48. The lowest BCUT2D eigenvalue weighted by Crippen LogP contribution is -2.44. The highest BCUT2D eigenvalue weighted by Gasteiger charge is 2.25. The van der Waals surface area contributed by atoms with Crippen LogP contribution < -0.4 is 5.73 Å². The van der Waals surface area contributed by atoms with Gasteiger partial charge in [-0.1, -0.05) is 19.1 Å². The number of carbonyl (C=O) groups excluding carboxylic acids is 2. The third-order valence-electron chi connectivity index (χ3n) is 3.79. The summed E-state index contributed by atoms with van der Waals surface area (Å²) in [6, 6.07) is 6.75. The number of aliphatic hydroxyl groups is 1. The number of likely N-dealkylation sites (tertiary alicyclic amines) is 1. The molecular formula is C16H20N2O3. The molecule has 0 spiro atoms. The van der Waals surface area contributed by atoms with Gasteiger partial charge in [0, 0.05) is 24.7 Å². The van der Waals surface area contributed by atoms with Crippen LogP contribution in [0, 0.1) is 5.92 Å². The van der Waals surface area contributed by atoms with Crippen molar-refractivity contribution in [1.29, 1.82) is 0 Å². The van der Waals surface area contributed by atoms with Gasteiger partial charge < -0.3 is 15.7 Å². The van der Waals surface area contributed by atoms with Gasteiger partial charge in [-0.15, -0.1) is 0 Å². The van der Waals surface area contributed by atoms with Gasteiger partial charge in [0.15, 0.2) is 0 Å². The first-order chi connectivity index (χ1) is 9.97. The van der Waals surface area contributed by atoms with E-state index < -0.39 is 5.91 Å². The highest BCUT2D eigenvalue weighted by Crippen LogP contribution is 2.17. The van der Waals surface area contributed by atoms with Crippen LogP contribution in [0.1, 0.15) is 29.3 Å². The molecule has 2 unspecified atom stereocenters. The third-order valence-corrected chi connectivity index (χ3v) is 3.79. The van der Waals surface area contributed by atoms with Crippen molar-refractivity contribution in [1.82, 2.24) is 4.90 Å². The normalized spacial score (nSPS) is 22.5. The van der Waals surface area contributed by atoms with Crippen molar-refractivity contribution >= 4 is 17.9 Å². The highest BCUT2D eigenvalue weighted by molar-refractivity contribution is 5.94. The molecule has 1 aliphatic heterocycles. The van der Waals surface area contributed by atoms with Gasteiger partial charge >= 0.3 is 0 Å². The summed E-state index contributed by atoms with van der Waals surface area (Å²) in [5, 5.41) is 9.66. The first kappa shape index (κ1) is 15.3. The van der Waals surface area contributed by atoms with Gasteiger partial charge in [-0.05, 0) is 36.1 Å². The molecule has 112 valence electrons. The molecule has 1 heterocycles. The number of carbonyl (C=O) groups is 2. The topological polar surface area (TPSA) is 83.6 Å². The summed E-state index contributed by atoms with van der Waals surface area (Å²) in [6.45, 7) is 3.09. The maximum absolute atomic E-state index is 12.1. The van der Waals surface area contributed by atoms with Gasteiger partial charge in [-0.3, -0.25) is 9.59 Å². The summed E-state index contributed by atoms with van der Waals surface area (Å²) < 4.78 is 0. The van der Waals surface area contributed by atoms with Gasteiger partial charge in [0.1, 0.15) is 0 Å². The first-order valence-electron chi connectivity index (χ1n) is 7.02. The Balaban J connectivity index is 1.97. The zero-order chi connectivity index (χ0) is 15.4. The van der Waals surface area contributed by atoms with Crippen LogP contribution in [-0.4, -0.2) is 41.0 Å². The van der Waals surface area contributed by atoms with E-state index in [1.807, 2.05) is 6.92 Å². The van der Waals surface area contributed by atoms with E-state index in [-0.39, 0.29) is 17.9 Å². The van der Waals surface area contributed by atoms with Crippen LogP contribution in [0.4, 0.5) is 0 Å². The number of rotatable bonds is 3. The fourth-order valence-electron chi connectivity index (χ4n) is 2.36. The SMILES string of the molecule is CC1CN(C(=O)/C=C/c2ccc(C(N)=O)cc2)CCC1O. The van der Waals surface area contributed by atoms with E-state index in [0.29, 0.717) is 25.1 Å². The van der Waals surface area contributed by atoms with Crippen LogP contribution in [0.15, 0.2) is 30.3 Å². The minimum absolute atomic E-state index is 0.0623. The van der Waals surface area contributed by atoms with Crippen LogP contribution in [0.2, 0.25) is 0 Å². The minimum atomic E-state index is -0.470. The van der Waals surface area contributed by atoms with Crippen molar-refractivity contribution in [3.63, 3.8) is 0 Å². The first-order valence-corrected chi connectivity index (χ1v) is 7.02. The molecule has 21 heavy (non-hydrogen) atoms. The Bertz CT molecular complexity index is 551. The molecule has 2 atom stereocenters. The second kappa shape index (κ2) is 6.54. The number of hydrogen-bond acceptors (Lipinski definition) is 3. The molecule has 5 heteroatoms. The molecule has 1 saturated heterocycles. The van der Waals surface area contributed by atoms with Crippen LogP contribution in [-0.2, 0) is 4.79 Å². The molecule has 0 aromatic heterocycles. The predicted molar refractivity (Wildman–Crippen MR) is 80.4 cm³/mol. The van der Waals surface area contributed by atoms with Crippen LogP contribution in [0.3, 0.4) is 0 Å². The molecule has 2 rings (SSSR count).